The number of fused-ring (bicyclic) bond motifs is 1. The molecule has 3 rings (SSSR count). The van der Waals surface area contributed by atoms with Crippen molar-refractivity contribution in [3.63, 3.8) is 0 Å². The molecule has 0 spiro atoms. The van der Waals surface area contributed by atoms with Crippen LogP contribution in [0.1, 0.15) is 18.5 Å². The highest BCUT2D eigenvalue weighted by Gasteiger charge is 2.95. The lowest BCUT2D eigenvalue weighted by atomic mass is 10.1. The molecule has 0 aliphatic heterocycles. The van der Waals surface area contributed by atoms with E-state index in [1.54, 1.807) is 0 Å². The normalized spacial score (nSPS) is 31.8. The molecule has 2 aliphatic rings. The number of nitrogens with zero attached hydrogens (tertiary/aromatic N) is 3. The third-order valence-corrected chi connectivity index (χ3v) is 4.10. The van der Waals surface area contributed by atoms with Gasteiger partial charge in [0.05, 0.1) is 10.3 Å². The number of aromatic nitrogens is 2. The number of anilines is 1. The van der Waals surface area contributed by atoms with Crippen LogP contribution in [0.3, 0.4) is 0 Å². The molecule has 1 aromatic rings. The lowest BCUT2D eigenvalue weighted by Crippen LogP contribution is -2.16. The molecular weight excluding hydrogens is 289 g/mol. The van der Waals surface area contributed by atoms with Crippen LogP contribution in [0.4, 0.5) is 24.7 Å². The van der Waals surface area contributed by atoms with E-state index in [1.807, 2.05) is 0 Å². The van der Waals surface area contributed by atoms with E-state index in [1.165, 1.54) is 0 Å². The Hall–Kier alpha value is -1.64. The number of alkyl halides is 3. The lowest BCUT2D eigenvalue weighted by Gasteiger charge is -2.06. The fraction of sp³-hybridized carbons (Fsp3) is 0.556. The maximum atomic E-state index is 12.9. The van der Waals surface area contributed by atoms with Gasteiger partial charge in [-0.15, -0.1) is 0 Å². The average molecular weight is 295 g/mol. The summed E-state index contributed by atoms with van der Waals surface area (Å²) in [5.41, 5.74) is 1.16. The number of hydrogen-bond acceptors (Lipinski definition) is 5. The smallest absolute Gasteiger partial charge is 0.378 e. The van der Waals surface area contributed by atoms with Crippen LogP contribution in [0.5, 0.6) is 0 Å². The second kappa shape index (κ2) is 3.09. The minimum atomic E-state index is -4.41. The monoisotopic (exact) mass is 294 g/mol. The SMILES string of the molecule is Nc1nc(Cl)nc(C23CC2(C(F)(F)F)C3)c1[N+](=O)[O-]. The van der Waals surface area contributed by atoms with Crippen molar-refractivity contribution in [2.75, 3.05) is 5.73 Å². The molecule has 0 amide bonds. The van der Waals surface area contributed by atoms with Gasteiger partial charge in [0, 0.05) is 5.41 Å². The topological polar surface area (TPSA) is 94.9 Å². The molecule has 0 unspecified atom stereocenters. The van der Waals surface area contributed by atoms with Crippen LogP contribution in [0.15, 0.2) is 0 Å². The van der Waals surface area contributed by atoms with Crippen LogP contribution in [0.2, 0.25) is 5.28 Å². The van der Waals surface area contributed by atoms with Crippen LogP contribution >= 0.6 is 11.6 Å². The molecule has 2 aliphatic carbocycles. The molecule has 10 heteroatoms. The van der Waals surface area contributed by atoms with Crippen molar-refractivity contribution >= 4 is 23.1 Å². The van der Waals surface area contributed by atoms with Crippen LogP contribution < -0.4 is 5.73 Å². The van der Waals surface area contributed by atoms with Gasteiger partial charge in [0.15, 0.2) is 0 Å². The summed E-state index contributed by atoms with van der Waals surface area (Å²) in [6.07, 6.45) is -4.83. The highest BCUT2D eigenvalue weighted by molar-refractivity contribution is 6.28. The van der Waals surface area contributed by atoms with Gasteiger partial charge in [0.25, 0.3) is 0 Å². The zero-order valence-electron chi connectivity index (χ0n) is 9.16. The summed E-state index contributed by atoms with van der Waals surface area (Å²) < 4.78 is 38.6. The molecule has 1 heterocycles. The maximum absolute atomic E-state index is 12.9. The van der Waals surface area contributed by atoms with Gasteiger partial charge in [0.1, 0.15) is 5.69 Å². The lowest BCUT2D eigenvalue weighted by molar-refractivity contribution is -0.385. The Labute approximate surface area is 108 Å². The third kappa shape index (κ3) is 1.33. The number of halogens is 4. The molecule has 0 bridgehead atoms. The van der Waals surface area contributed by atoms with Gasteiger partial charge in [-0.25, -0.2) is 4.98 Å². The molecule has 19 heavy (non-hydrogen) atoms. The maximum Gasteiger partial charge on any atom is 0.395 e. The first-order valence-corrected chi connectivity index (χ1v) is 5.57. The van der Waals surface area contributed by atoms with Crippen molar-refractivity contribution in [3.05, 3.63) is 21.1 Å². The second-order valence-corrected chi connectivity index (χ2v) is 5.19. The zero-order chi connectivity index (χ0) is 14.2. The van der Waals surface area contributed by atoms with Gasteiger partial charge in [-0.05, 0) is 24.4 Å². The quantitative estimate of drug-likeness (QED) is 0.512. The Morgan fingerprint density at radius 3 is 2.37 bits per heavy atom. The van der Waals surface area contributed by atoms with E-state index >= 15 is 0 Å². The summed E-state index contributed by atoms with van der Waals surface area (Å²) in [6.45, 7) is 0. The van der Waals surface area contributed by atoms with Crippen molar-refractivity contribution in [2.45, 2.75) is 24.4 Å². The molecule has 0 atom stereocenters. The van der Waals surface area contributed by atoms with Gasteiger partial charge >= 0.3 is 11.9 Å². The Morgan fingerprint density at radius 2 is 1.95 bits per heavy atom. The molecule has 6 nitrogen and oxygen atoms in total. The number of nitrogens with two attached hydrogens (primary N) is 1. The van der Waals surface area contributed by atoms with Crippen molar-refractivity contribution < 1.29 is 18.1 Å². The second-order valence-electron chi connectivity index (χ2n) is 4.85. The highest BCUT2D eigenvalue weighted by atomic mass is 35.5. The first-order valence-electron chi connectivity index (χ1n) is 5.19. The van der Waals surface area contributed by atoms with Crippen LogP contribution in [-0.2, 0) is 5.41 Å². The zero-order valence-corrected chi connectivity index (χ0v) is 9.92. The van der Waals surface area contributed by atoms with Gasteiger partial charge in [-0.3, -0.25) is 10.1 Å². The number of nitro groups is 1. The van der Waals surface area contributed by atoms with Crippen LogP contribution in [-0.4, -0.2) is 21.1 Å². The summed E-state index contributed by atoms with van der Waals surface area (Å²) in [7, 11) is 0. The van der Waals surface area contributed by atoms with Crippen LogP contribution in [0, 0.1) is 15.5 Å². The minimum absolute atomic E-state index is 0.211. The first kappa shape index (κ1) is 12.4. The summed E-state index contributed by atoms with van der Waals surface area (Å²) in [4.78, 5) is 17.1. The molecule has 102 valence electrons. The van der Waals surface area contributed by atoms with E-state index in [9.17, 15) is 23.3 Å². The third-order valence-electron chi connectivity index (χ3n) is 3.94. The molecule has 0 saturated heterocycles. The van der Waals surface area contributed by atoms with Crippen molar-refractivity contribution in [2.24, 2.45) is 5.41 Å². The summed E-state index contributed by atoms with van der Waals surface area (Å²) in [6, 6.07) is 0. The molecule has 2 fully saturated rings. The van der Waals surface area contributed by atoms with E-state index in [-0.39, 0.29) is 23.8 Å². The molecular formula is C9H6ClF3N4O2. The first-order chi connectivity index (χ1) is 8.65. The molecule has 2 N–H and O–H groups in total. The van der Waals surface area contributed by atoms with E-state index < -0.39 is 33.4 Å². The van der Waals surface area contributed by atoms with Gasteiger partial charge in [0.2, 0.25) is 11.1 Å². The fourth-order valence-electron chi connectivity index (χ4n) is 2.71. The highest BCUT2D eigenvalue weighted by Crippen LogP contribution is 2.91. The van der Waals surface area contributed by atoms with E-state index in [0.717, 1.165) is 0 Å². The molecule has 0 aromatic carbocycles. The molecule has 2 saturated carbocycles. The summed E-state index contributed by atoms with van der Waals surface area (Å²) in [5, 5.41) is 10.5. The number of hydrogen-bond donors (Lipinski definition) is 1. The van der Waals surface area contributed by atoms with Gasteiger partial charge in [-0.1, -0.05) is 0 Å². The van der Waals surface area contributed by atoms with E-state index in [4.69, 9.17) is 17.3 Å². The largest absolute Gasteiger partial charge is 0.395 e. The average Bonchev–Trinajstić information content (AvgIpc) is 2.97. The van der Waals surface area contributed by atoms with Gasteiger partial charge in [-0.2, -0.15) is 18.2 Å². The predicted molar refractivity (Wildman–Crippen MR) is 57.5 cm³/mol. The van der Waals surface area contributed by atoms with Crippen molar-refractivity contribution in [3.8, 4) is 0 Å². The van der Waals surface area contributed by atoms with Crippen LogP contribution in [0.25, 0.3) is 0 Å². The standard InChI is InChI=1S/C9H6ClF3N4O2/c10-6-15-4(3(17(18)19)5(14)16-6)7-1-8(7,2-7)9(11,12)13/h1-2H2,(H2,14,15,16). The fourth-order valence-corrected chi connectivity index (χ4v) is 2.89. The Kier molecular flexibility index (Phi) is 2.01. The summed E-state index contributed by atoms with van der Waals surface area (Å²) >= 11 is 5.53. The van der Waals surface area contributed by atoms with Crippen molar-refractivity contribution in [1.29, 1.82) is 0 Å². The minimum Gasteiger partial charge on any atom is -0.378 e. The van der Waals surface area contributed by atoms with E-state index in [0.29, 0.717) is 0 Å². The summed E-state index contributed by atoms with van der Waals surface area (Å²) in [5.74, 6) is -0.510. The van der Waals surface area contributed by atoms with E-state index in [2.05, 4.69) is 9.97 Å². The molecule has 0 radical (unpaired) electrons. The Bertz CT molecular complexity index is 612. The Balaban J connectivity index is 2.13. The van der Waals surface area contributed by atoms with Crippen molar-refractivity contribution in [1.82, 2.24) is 9.97 Å². The number of nitrogen functional groups attached to an aromatic ring is 1. The molecule has 1 aromatic heterocycles. The Morgan fingerprint density at radius 1 is 1.37 bits per heavy atom. The number of rotatable bonds is 2. The predicted octanol–water partition coefficient (Wildman–Crippen LogP) is 2.21. The van der Waals surface area contributed by atoms with Gasteiger partial charge < -0.3 is 5.73 Å².